The number of thioether (sulfide) groups is 1. The number of Topliss-reactive ketones (excluding diaryl/α,β-unsaturated/α-hetero) is 1. The predicted molar refractivity (Wildman–Crippen MR) is 81.7 cm³/mol. The van der Waals surface area contributed by atoms with Crippen LogP contribution in [0.3, 0.4) is 0 Å². The Labute approximate surface area is 134 Å². The monoisotopic (exact) mass is 334 g/mol. The van der Waals surface area contributed by atoms with Crippen molar-refractivity contribution in [3.8, 4) is 0 Å². The van der Waals surface area contributed by atoms with E-state index in [-0.39, 0.29) is 11.3 Å². The van der Waals surface area contributed by atoms with E-state index in [0.717, 1.165) is 35.3 Å². The molecule has 2 heterocycles. The maximum Gasteiger partial charge on any atom is 0.256 e. The molecule has 3 rings (SSSR count). The zero-order chi connectivity index (χ0) is 16.6. The van der Waals surface area contributed by atoms with Gasteiger partial charge in [0, 0.05) is 17.5 Å². The third-order valence-corrected chi connectivity index (χ3v) is 4.16. The fourth-order valence-corrected chi connectivity index (χ4v) is 3.09. The molecule has 0 spiro atoms. The Morgan fingerprint density at radius 3 is 2.74 bits per heavy atom. The summed E-state index contributed by atoms with van der Waals surface area (Å²) in [6.07, 6.45) is 0. The molecule has 3 aromatic rings. The van der Waals surface area contributed by atoms with Gasteiger partial charge in [-0.1, -0.05) is 11.8 Å². The maximum absolute atomic E-state index is 13.6. The summed E-state index contributed by atoms with van der Waals surface area (Å²) in [4.78, 5) is 16.3. The van der Waals surface area contributed by atoms with Crippen molar-refractivity contribution in [2.24, 2.45) is 0 Å². The Bertz CT molecular complexity index is 910. The molecule has 0 fully saturated rings. The molecule has 118 valence electrons. The van der Waals surface area contributed by atoms with Crippen LogP contribution >= 0.6 is 11.8 Å². The molecular weight excluding hydrogens is 322 g/mol. The summed E-state index contributed by atoms with van der Waals surface area (Å²) in [7, 11) is 0. The van der Waals surface area contributed by atoms with Crippen LogP contribution in [-0.4, -0.2) is 31.1 Å². The van der Waals surface area contributed by atoms with E-state index >= 15 is 0 Å². The normalized spacial score (nSPS) is 11.1. The zero-order valence-corrected chi connectivity index (χ0v) is 13.2. The highest BCUT2D eigenvalue weighted by Gasteiger charge is 2.16. The molecule has 2 aromatic heterocycles. The van der Waals surface area contributed by atoms with Crippen molar-refractivity contribution in [2.45, 2.75) is 19.0 Å². The highest BCUT2D eigenvalue weighted by Crippen LogP contribution is 2.20. The third kappa shape index (κ3) is 3.07. The topological polar surface area (TPSA) is 60.2 Å². The molecule has 0 N–H and O–H groups in total. The number of carbonyl (C=O) groups excluding carboxylic acids is 1. The summed E-state index contributed by atoms with van der Waals surface area (Å²) in [5.41, 5.74) is 1.57. The molecule has 0 saturated carbocycles. The van der Waals surface area contributed by atoms with Gasteiger partial charge < -0.3 is 0 Å². The number of aromatic nitrogens is 4. The highest BCUT2D eigenvalue weighted by molar-refractivity contribution is 7.99. The molecule has 0 radical (unpaired) electrons. The zero-order valence-electron chi connectivity index (χ0n) is 12.4. The van der Waals surface area contributed by atoms with Crippen molar-refractivity contribution in [2.75, 3.05) is 5.75 Å². The average molecular weight is 334 g/mol. The molecule has 0 amide bonds. The van der Waals surface area contributed by atoms with Gasteiger partial charge in [-0.15, -0.1) is 10.2 Å². The number of halogens is 2. The van der Waals surface area contributed by atoms with Crippen LogP contribution in [0.1, 0.15) is 21.7 Å². The quantitative estimate of drug-likeness (QED) is 0.542. The first-order valence-corrected chi connectivity index (χ1v) is 7.74. The Morgan fingerprint density at radius 2 is 2.00 bits per heavy atom. The number of aryl methyl sites for hydroxylation is 2. The third-order valence-electron chi connectivity index (χ3n) is 3.23. The summed E-state index contributed by atoms with van der Waals surface area (Å²) in [5, 5.41) is 8.47. The fourth-order valence-electron chi connectivity index (χ4n) is 2.22. The minimum Gasteiger partial charge on any atom is -0.293 e. The van der Waals surface area contributed by atoms with E-state index in [1.165, 1.54) is 0 Å². The maximum atomic E-state index is 13.6. The second-order valence-electron chi connectivity index (χ2n) is 4.99. The summed E-state index contributed by atoms with van der Waals surface area (Å²) in [6, 6.07) is 4.78. The first kappa shape index (κ1) is 15.5. The second-order valence-corrected chi connectivity index (χ2v) is 5.94. The van der Waals surface area contributed by atoms with E-state index in [1.54, 1.807) is 4.40 Å². The van der Waals surface area contributed by atoms with Gasteiger partial charge in [0.2, 0.25) is 0 Å². The van der Waals surface area contributed by atoms with Crippen LogP contribution in [0, 0.1) is 25.5 Å². The molecule has 0 saturated heterocycles. The molecule has 0 aliphatic carbocycles. The van der Waals surface area contributed by atoms with E-state index < -0.39 is 17.4 Å². The van der Waals surface area contributed by atoms with Crippen LogP contribution < -0.4 is 0 Å². The van der Waals surface area contributed by atoms with E-state index in [1.807, 2.05) is 19.9 Å². The minimum absolute atomic E-state index is 0.0311. The van der Waals surface area contributed by atoms with Crippen LogP contribution in [0.15, 0.2) is 29.4 Å². The average Bonchev–Trinajstić information content (AvgIpc) is 2.88. The van der Waals surface area contributed by atoms with Gasteiger partial charge in [0.25, 0.3) is 5.78 Å². The lowest BCUT2D eigenvalue weighted by atomic mass is 10.1. The first-order chi connectivity index (χ1) is 11.0. The minimum atomic E-state index is -0.866. The van der Waals surface area contributed by atoms with Crippen LogP contribution in [0.5, 0.6) is 0 Å². The lowest BCUT2D eigenvalue weighted by molar-refractivity contribution is 0.101. The lowest BCUT2D eigenvalue weighted by Gasteiger charge is -2.04. The van der Waals surface area contributed by atoms with Crippen molar-refractivity contribution in [3.63, 3.8) is 0 Å². The van der Waals surface area contributed by atoms with Gasteiger partial charge in [0.15, 0.2) is 10.9 Å². The number of carbonyl (C=O) groups is 1. The van der Waals surface area contributed by atoms with E-state index in [2.05, 4.69) is 15.2 Å². The molecular formula is C15H12F2N4OS. The van der Waals surface area contributed by atoms with Gasteiger partial charge in [0.1, 0.15) is 11.6 Å². The summed E-state index contributed by atoms with van der Waals surface area (Å²) >= 11 is 1.13. The first-order valence-electron chi connectivity index (χ1n) is 6.76. The molecule has 0 atom stereocenters. The van der Waals surface area contributed by atoms with Gasteiger partial charge in [-0.2, -0.15) is 0 Å². The van der Waals surface area contributed by atoms with Gasteiger partial charge >= 0.3 is 0 Å². The van der Waals surface area contributed by atoms with Crippen LogP contribution in [0.2, 0.25) is 0 Å². The van der Waals surface area contributed by atoms with Crippen molar-refractivity contribution >= 4 is 23.3 Å². The van der Waals surface area contributed by atoms with Crippen LogP contribution in [-0.2, 0) is 0 Å². The van der Waals surface area contributed by atoms with Gasteiger partial charge in [-0.05, 0) is 32.0 Å². The molecule has 8 heteroatoms. The lowest BCUT2D eigenvalue weighted by Crippen LogP contribution is -2.06. The van der Waals surface area contributed by atoms with Crippen LogP contribution in [0.4, 0.5) is 8.78 Å². The molecule has 23 heavy (non-hydrogen) atoms. The van der Waals surface area contributed by atoms with E-state index in [9.17, 15) is 13.6 Å². The number of hydrogen-bond acceptors (Lipinski definition) is 5. The van der Waals surface area contributed by atoms with Crippen molar-refractivity contribution in [1.82, 2.24) is 19.6 Å². The Kier molecular flexibility index (Phi) is 4.08. The van der Waals surface area contributed by atoms with Gasteiger partial charge in [0.05, 0.1) is 11.3 Å². The number of benzene rings is 1. The predicted octanol–water partition coefficient (Wildman–Crippen LogP) is 2.99. The van der Waals surface area contributed by atoms with Gasteiger partial charge in [-0.3, -0.25) is 9.20 Å². The van der Waals surface area contributed by atoms with E-state index in [4.69, 9.17) is 0 Å². The largest absolute Gasteiger partial charge is 0.293 e. The van der Waals surface area contributed by atoms with Crippen molar-refractivity contribution < 1.29 is 13.6 Å². The standard InChI is InChI=1S/C15H12F2N4OS/c1-8-5-9(2)21-14(18-8)19-20-15(21)23-7-13(22)11-4-3-10(16)6-12(11)17/h3-6H,7H2,1-2H3. The second kappa shape index (κ2) is 6.04. The summed E-state index contributed by atoms with van der Waals surface area (Å²) in [6.45, 7) is 3.74. The number of fused-ring (bicyclic) bond motifs is 1. The highest BCUT2D eigenvalue weighted by atomic mass is 32.2. The Balaban J connectivity index is 1.82. The molecule has 0 bridgehead atoms. The molecule has 1 aromatic carbocycles. The number of ketones is 1. The SMILES string of the molecule is Cc1cc(C)n2c(SCC(=O)c3ccc(F)cc3F)nnc2n1. The Morgan fingerprint density at radius 1 is 1.22 bits per heavy atom. The smallest absolute Gasteiger partial charge is 0.256 e. The number of rotatable bonds is 4. The van der Waals surface area contributed by atoms with Crippen molar-refractivity contribution in [1.29, 1.82) is 0 Å². The fraction of sp³-hybridized carbons (Fsp3) is 0.200. The molecule has 0 unspecified atom stereocenters. The molecule has 5 nitrogen and oxygen atoms in total. The van der Waals surface area contributed by atoms with Gasteiger partial charge in [-0.25, -0.2) is 13.8 Å². The number of hydrogen-bond donors (Lipinski definition) is 0. The Hall–Kier alpha value is -2.35. The molecule has 0 aliphatic rings. The number of nitrogens with zero attached hydrogens (tertiary/aromatic N) is 4. The molecule has 0 aliphatic heterocycles. The summed E-state index contributed by atoms with van der Waals surface area (Å²) in [5.74, 6) is -1.61. The summed E-state index contributed by atoms with van der Waals surface area (Å²) < 4.78 is 28.2. The van der Waals surface area contributed by atoms with E-state index in [0.29, 0.717) is 17.0 Å². The van der Waals surface area contributed by atoms with Crippen molar-refractivity contribution in [3.05, 3.63) is 52.9 Å². The van der Waals surface area contributed by atoms with Crippen LogP contribution in [0.25, 0.3) is 5.78 Å².